The highest BCUT2D eigenvalue weighted by Crippen LogP contribution is 2.33. The second-order valence-electron chi connectivity index (χ2n) is 6.23. The van der Waals surface area contributed by atoms with Crippen LogP contribution in [0.15, 0.2) is 36.8 Å². The second-order valence-corrected chi connectivity index (χ2v) is 6.23. The molecule has 0 aromatic carbocycles. The average Bonchev–Trinajstić information content (AvgIpc) is 2.67. The lowest BCUT2D eigenvalue weighted by Crippen LogP contribution is -2.10. The number of fused-ring (bicyclic) bond motifs is 1. The van der Waals surface area contributed by atoms with Crippen LogP contribution in [-0.4, -0.2) is 19.9 Å². The summed E-state index contributed by atoms with van der Waals surface area (Å²) >= 11 is 0. The van der Waals surface area contributed by atoms with Crippen LogP contribution >= 0.6 is 12.4 Å². The van der Waals surface area contributed by atoms with Crippen LogP contribution in [0.25, 0.3) is 11.1 Å². The Hall–Kier alpha value is -2.80. The highest BCUT2D eigenvalue weighted by molar-refractivity contribution is 5.85. The van der Waals surface area contributed by atoms with Gasteiger partial charge in [0.2, 0.25) is 11.8 Å². The topological polar surface area (TPSA) is 86.8 Å². The number of nitrogens with zero attached hydrogens (tertiary/aromatic N) is 4. The molecule has 3 aromatic rings. The van der Waals surface area contributed by atoms with Gasteiger partial charge in [-0.25, -0.2) is 19.3 Å². The first-order chi connectivity index (χ1) is 12.7. The predicted molar refractivity (Wildman–Crippen MR) is 102 cm³/mol. The number of ether oxygens (including phenoxy) is 1. The summed E-state index contributed by atoms with van der Waals surface area (Å²) in [5, 5.41) is 0. The van der Waals surface area contributed by atoms with Gasteiger partial charge in [-0.15, -0.1) is 12.4 Å². The SMILES string of the molecule is Cl.Nc1ncc(-c2cc(OCc3ccc(F)cn3)nc3c2CCCC3)cn1. The summed E-state index contributed by atoms with van der Waals surface area (Å²) in [6.07, 6.45) is 8.76. The molecule has 0 aliphatic heterocycles. The van der Waals surface area contributed by atoms with Gasteiger partial charge in [0.25, 0.3) is 0 Å². The fourth-order valence-corrected chi connectivity index (χ4v) is 3.13. The van der Waals surface area contributed by atoms with Crippen LogP contribution in [0.4, 0.5) is 10.3 Å². The Kier molecular flexibility index (Phi) is 5.81. The van der Waals surface area contributed by atoms with E-state index in [9.17, 15) is 4.39 Å². The van der Waals surface area contributed by atoms with Gasteiger partial charge in [-0.1, -0.05) is 0 Å². The van der Waals surface area contributed by atoms with Gasteiger partial charge in [-0.3, -0.25) is 4.98 Å². The van der Waals surface area contributed by atoms with Crippen molar-refractivity contribution >= 4 is 18.4 Å². The lowest BCUT2D eigenvalue weighted by molar-refractivity contribution is 0.287. The van der Waals surface area contributed by atoms with Gasteiger partial charge in [0.05, 0.1) is 11.9 Å². The standard InChI is InChI=1S/C19H18FN5O.ClH/c20-13-5-6-14(22-10-13)11-26-18-7-16(12-8-23-19(21)24-9-12)15-3-1-2-4-17(15)25-18;/h5-10H,1-4,11H2,(H2,21,23,24);1H. The zero-order valence-electron chi connectivity index (χ0n) is 14.6. The fraction of sp³-hybridized carbons (Fsp3) is 0.263. The Morgan fingerprint density at radius 2 is 1.81 bits per heavy atom. The fourth-order valence-electron chi connectivity index (χ4n) is 3.13. The van der Waals surface area contributed by atoms with E-state index in [0.717, 1.165) is 42.5 Å². The molecule has 0 radical (unpaired) electrons. The molecule has 140 valence electrons. The number of pyridine rings is 2. The number of anilines is 1. The minimum absolute atomic E-state index is 0. The summed E-state index contributed by atoms with van der Waals surface area (Å²) in [5.41, 5.74) is 10.4. The molecule has 0 unspecified atom stereocenters. The van der Waals surface area contributed by atoms with E-state index in [2.05, 4.69) is 19.9 Å². The molecular formula is C19H19ClFN5O. The molecule has 8 heteroatoms. The molecule has 6 nitrogen and oxygen atoms in total. The molecule has 0 spiro atoms. The van der Waals surface area contributed by atoms with Crippen LogP contribution in [0.3, 0.4) is 0 Å². The zero-order valence-corrected chi connectivity index (χ0v) is 15.4. The van der Waals surface area contributed by atoms with Crippen LogP contribution < -0.4 is 10.5 Å². The molecular weight excluding hydrogens is 369 g/mol. The molecule has 3 heterocycles. The molecule has 0 bridgehead atoms. The monoisotopic (exact) mass is 387 g/mol. The highest BCUT2D eigenvalue weighted by atomic mass is 35.5. The Bertz CT molecular complexity index is 919. The van der Waals surface area contributed by atoms with E-state index in [-0.39, 0.29) is 30.8 Å². The second kappa shape index (κ2) is 8.26. The highest BCUT2D eigenvalue weighted by Gasteiger charge is 2.18. The number of aryl methyl sites for hydroxylation is 1. The number of nitrogen functional groups attached to an aromatic ring is 1. The zero-order chi connectivity index (χ0) is 17.9. The third-order valence-corrected chi connectivity index (χ3v) is 4.42. The summed E-state index contributed by atoms with van der Waals surface area (Å²) in [4.78, 5) is 16.9. The molecule has 3 aromatic heterocycles. The first kappa shape index (κ1) is 19.0. The van der Waals surface area contributed by atoms with Gasteiger partial charge in [-0.2, -0.15) is 0 Å². The molecule has 0 atom stereocenters. The maximum absolute atomic E-state index is 13.0. The smallest absolute Gasteiger partial charge is 0.219 e. The van der Waals surface area contributed by atoms with E-state index in [1.807, 2.05) is 6.07 Å². The van der Waals surface area contributed by atoms with Gasteiger partial charge in [-0.05, 0) is 48.9 Å². The molecule has 1 aliphatic carbocycles. The number of aromatic nitrogens is 4. The Morgan fingerprint density at radius 3 is 2.56 bits per heavy atom. The molecule has 2 N–H and O–H groups in total. The number of hydrogen-bond donors (Lipinski definition) is 1. The normalized spacial score (nSPS) is 12.8. The van der Waals surface area contributed by atoms with Crippen molar-refractivity contribution in [3.05, 3.63) is 59.6 Å². The third kappa shape index (κ3) is 4.31. The summed E-state index contributed by atoms with van der Waals surface area (Å²) in [6.45, 7) is 0.226. The average molecular weight is 388 g/mol. The molecule has 1 aliphatic rings. The maximum atomic E-state index is 13.0. The number of hydrogen-bond acceptors (Lipinski definition) is 6. The molecule has 0 fully saturated rings. The minimum atomic E-state index is -0.369. The van der Waals surface area contributed by atoms with Gasteiger partial charge >= 0.3 is 0 Å². The van der Waals surface area contributed by atoms with Crippen molar-refractivity contribution in [2.45, 2.75) is 32.3 Å². The molecule has 0 saturated heterocycles. The summed E-state index contributed by atoms with van der Waals surface area (Å²) < 4.78 is 18.8. The first-order valence-electron chi connectivity index (χ1n) is 8.53. The van der Waals surface area contributed by atoms with Crippen molar-refractivity contribution in [1.29, 1.82) is 0 Å². The van der Waals surface area contributed by atoms with E-state index in [4.69, 9.17) is 10.5 Å². The number of halogens is 2. The Labute approximate surface area is 162 Å². The van der Waals surface area contributed by atoms with Crippen LogP contribution in [0.1, 0.15) is 29.8 Å². The number of rotatable bonds is 4. The summed E-state index contributed by atoms with van der Waals surface area (Å²) in [5.74, 6) is 0.394. The largest absolute Gasteiger partial charge is 0.471 e. The van der Waals surface area contributed by atoms with Gasteiger partial charge in [0.1, 0.15) is 12.4 Å². The quantitative estimate of drug-likeness (QED) is 0.736. The Balaban J connectivity index is 0.00000210. The number of nitrogens with two attached hydrogens (primary N) is 1. The van der Waals surface area contributed by atoms with E-state index in [1.54, 1.807) is 18.5 Å². The van der Waals surface area contributed by atoms with Gasteiger partial charge < -0.3 is 10.5 Å². The molecule has 4 rings (SSSR count). The predicted octanol–water partition coefficient (Wildman–Crippen LogP) is 3.53. The molecule has 0 saturated carbocycles. The van der Waals surface area contributed by atoms with E-state index >= 15 is 0 Å². The van der Waals surface area contributed by atoms with Crippen LogP contribution in [0.5, 0.6) is 5.88 Å². The van der Waals surface area contributed by atoms with E-state index in [1.165, 1.54) is 17.8 Å². The summed E-state index contributed by atoms with van der Waals surface area (Å²) in [7, 11) is 0. The van der Waals surface area contributed by atoms with Crippen LogP contribution in [-0.2, 0) is 19.4 Å². The van der Waals surface area contributed by atoms with Crippen molar-refractivity contribution in [2.75, 3.05) is 5.73 Å². The van der Waals surface area contributed by atoms with Crippen molar-refractivity contribution in [2.24, 2.45) is 0 Å². The van der Waals surface area contributed by atoms with Crippen molar-refractivity contribution in [3.8, 4) is 17.0 Å². The van der Waals surface area contributed by atoms with E-state index < -0.39 is 0 Å². The van der Waals surface area contributed by atoms with Crippen molar-refractivity contribution in [1.82, 2.24) is 19.9 Å². The Morgan fingerprint density at radius 1 is 1.04 bits per heavy atom. The van der Waals surface area contributed by atoms with Gasteiger partial charge in [0, 0.05) is 29.7 Å². The van der Waals surface area contributed by atoms with Crippen LogP contribution in [0, 0.1) is 5.82 Å². The maximum Gasteiger partial charge on any atom is 0.219 e. The minimum Gasteiger partial charge on any atom is -0.471 e. The molecule has 27 heavy (non-hydrogen) atoms. The summed E-state index contributed by atoms with van der Waals surface area (Å²) in [6, 6.07) is 4.87. The first-order valence-corrected chi connectivity index (χ1v) is 8.53. The van der Waals surface area contributed by atoms with Crippen molar-refractivity contribution < 1.29 is 9.13 Å². The van der Waals surface area contributed by atoms with Crippen LogP contribution in [0.2, 0.25) is 0 Å². The van der Waals surface area contributed by atoms with Gasteiger partial charge in [0.15, 0.2) is 0 Å². The van der Waals surface area contributed by atoms with Crippen molar-refractivity contribution in [3.63, 3.8) is 0 Å². The lowest BCUT2D eigenvalue weighted by atomic mass is 9.90. The lowest BCUT2D eigenvalue weighted by Gasteiger charge is -2.20. The molecule has 0 amide bonds. The van der Waals surface area contributed by atoms with E-state index in [0.29, 0.717) is 11.6 Å². The third-order valence-electron chi connectivity index (χ3n) is 4.42.